The van der Waals surface area contributed by atoms with Crippen LogP contribution in [0.3, 0.4) is 0 Å². The second-order valence-electron chi connectivity index (χ2n) is 5.42. The van der Waals surface area contributed by atoms with E-state index in [4.69, 9.17) is 16.7 Å². The van der Waals surface area contributed by atoms with Crippen molar-refractivity contribution in [2.45, 2.75) is 38.8 Å². The maximum absolute atomic E-state index is 12.3. The molecule has 0 amide bonds. The molecule has 0 spiro atoms. The molecule has 0 heterocycles. The number of hydrogen-bond donors (Lipinski definition) is 2. The molecule has 4 nitrogen and oxygen atoms in total. The first-order chi connectivity index (χ1) is 8.69. The summed E-state index contributed by atoms with van der Waals surface area (Å²) in [7, 11) is 0. The number of rotatable bonds is 5. The van der Waals surface area contributed by atoms with Gasteiger partial charge < -0.3 is 10.4 Å². The number of carboxylic acids is 1. The fourth-order valence-corrected chi connectivity index (χ4v) is 1.94. The van der Waals surface area contributed by atoms with Gasteiger partial charge in [-0.25, -0.2) is 0 Å². The molecule has 0 fully saturated rings. The summed E-state index contributed by atoms with van der Waals surface area (Å²) in [5.41, 5.74) is 0.0597. The van der Waals surface area contributed by atoms with Crippen molar-refractivity contribution in [1.29, 1.82) is 0 Å². The third kappa shape index (κ3) is 5.41. The lowest BCUT2D eigenvalue weighted by atomic mass is 9.98. The van der Waals surface area contributed by atoms with Crippen LogP contribution in [0.25, 0.3) is 0 Å². The fourth-order valence-electron chi connectivity index (χ4n) is 1.75. The first-order valence-corrected chi connectivity index (χ1v) is 6.36. The third-order valence-corrected chi connectivity index (χ3v) is 2.65. The Kier molecular flexibility index (Phi) is 5.09. The first kappa shape index (κ1) is 15.7. The molecular weight excluding hydrogens is 266 g/mol. The highest BCUT2D eigenvalue weighted by Crippen LogP contribution is 2.15. The Labute approximate surface area is 117 Å². The van der Waals surface area contributed by atoms with Gasteiger partial charge in [-0.05, 0) is 32.9 Å². The van der Waals surface area contributed by atoms with Crippen molar-refractivity contribution in [3.63, 3.8) is 0 Å². The molecule has 0 aliphatic heterocycles. The van der Waals surface area contributed by atoms with E-state index < -0.39 is 12.0 Å². The summed E-state index contributed by atoms with van der Waals surface area (Å²) >= 11 is 5.84. The normalized spacial score (nSPS) is 13.1. The minimum Gasteiger partial charge on any atom is -0.481 e. The van der Waals surface area contributed by atoms with E-state index in [1.54, 1.807) is 24.3 Å². The van der Waals surface area contributed by atoms with Gasteiger partial charge in [0.2, 0.25) is 0 Å². The topological polar surface area (TPSA) is 66.4 Å². The summed E-state index contributed by atoms with van der Waals surface area (Å²) in [5, 5.41) is 12.4. The van der Waals surface area contributed by atoms with E-state index in [1.807, 2.05) is 20.8 Å². The van der Waals surface area contributed by atoms with E-state index in [0.717, 1.165) is 0 Å². The molecule has 2 N–H and O–H groups in total. The van der Waals surface area contributed by atoms with Gasteiger partial charge in [0.1, 0.15) is 0 Å². The monoisotopic (exact) mass is 283 g/mol. The summed E-state index contributed by atoms with van der Waals surface area (Å²) in [5.74, 6) is -1.28. The molecule has 5 heteroatoms. The number of hydrogen-bond acceptors (Lipinski definition) is 3. The SMILES string of the molecule is CC(C)(C)NC(CC(=O)O)C(=O)c1cccc(Cl)c1. The highest BCUT2D eigenvalue weighted by Gasteiger charge is 2.26. The molecule has 0 saturated carbocycles. The van der Waals surface area contributed by atoms with Crippen molar-refractivity contribution < 1.29 is 14.7 Å². The Morgan fingerprint density at radius 2 is 2.00 bits per heavy atom. The zero-order valence-electron chi connectivity index (χ0n) is 11.2. The predicted molar refractivity (Wildman–Crippen MR) is 74.7 cm³/mol. The minimum atomic E-state index is -1.02. The minimum absolute atomic E-state index is 0.261. The van der Waals surface area contributed by atoms with Crippen LogP contribution in [-0.2, 0) is 4.79 Å². The van der Waals surface area contributed by atoms with Crippen LogP contribution in [0, 0.1) is 0 Å². The largest absolute Gasteiger partial charge is 0.481 e. The van der Waals surface area contributed by atoms with Crippen molar-refractivity contribution in [3.05, 3.63) is 34.9 Å². The molecule has 0 saturated heterocycles. The molecule has 104 valence electrons. The van der Waals surface area contributed by atoms with Crippen LogP contribution >= 0.6 is 11.6 Å². The number of carbonyl (C=O) groups is 2. The Hall–Kier alpha value is -1.39. The Morgan fingerprint density at radius 3 is 2.47 bits per heavy atom. The van der Waals surface area contributed by atoms with Crippen molar-refractivity contribution in [1.82, 2.24) is 5.32 Å². The van der Waals surface area contributed by atoms with Crippen molar-refractivity contribution in [3.8, 4) is 0 Å². The van der Waals surface area contributed by atoms with Gasteiger partial charge in [-0.1, -0.05) is 23.7 Å². The molecule has 0 radical (unpaired) electrons. The van der Waals surface area contributed by atoms with Crippen LogP contribution in [0.5, 0.6) is 0 Å². The number of benzene rings is 1. The molecule has 0 aliphatic rings. The number of carboxylic acid groups (broad SMARTS) is 1. The second-order valence-corrected chi connectivity index (χ2v) is 5.86. The Balaban J connectivity index is 2.97. The number of Topliss-reactive ketones (excluding diaryl/α,β-unsaturated/α-hetero) is 1. The van der Waals surface area contributed by atoms with E-state index in [0.29, 0.717) is 10.6 Å². The molecule has 1 aromatic rings. The Bertz CT molecular complexity index is 480. The quantitative estimate of drug-likeness (QED) is 0.816. The van der Waals surface area contributed by atoms with E-state index in [2.05, 4.69) is 5.32 Å². The maximum atomic E-state index is 12.3. The van der Waals surface area contributed by atoms with Crippen LogP contribution in [0.2, 0.25) is 5.02 Å². The molecule has 0 bridgehead atoms. The highest BCUT2D eigenvalue weighted by molar-refractivity contribution is 6.31. The van der Waals surface area contributed by atoms with Crippen molar-refractivity contribution in [2.75, 3.05) is 0 Å². The van der Waals surface area contributed by atoms with E-state index in [-0.39, 0.29) is 17.7 Å². The molecule has 0 aliphatic carbocycles. The lowest BCUT2D eigenvalue weighted by Crippen LogP contribution is -2.48. The van der Waals surface area contributed by atoms with Gasteiger partial charge in [-0.2, -0.15) is 0 Å². The number of carbonyl (C=O) groups excluding carboxylic acids is 1. The van der Waals surface area contributed by atoms with Gasteiger partial charge in [0.25, 0.3) is 0 Å². The van der Waals surface area contributed by atoms with E-state index in [1.165, 1.54) is 0 Å². The molecule has 19 heavy (non-hydrogen) atoms. The highest BCUT2D eigenvalue weighted by atomic mass is 35.5. The van der Waals surface area contributed by atoms with E-state index >= 15 is 0 Å². The number of aliphatic carboxylic acids is 1. The third-order valence-electron chi connectivity index (χ3n) is 2.41. The van der Waals surface area contributed by atoms with Gasteiger partial charge in [0.15, 0.2) is 5.78 Å². The molecule has 1 atom stereocenters. The van der Waals surface area contributed by atoms with Crippen LogP contribution in [0.15, 0.2) is 24.3 Å². The van der Waals surface area contributed by atoms with Crippen LogP contribution in [0.4, 0.5) is 0 Å². The molecule has 1 rings (SSSR count). The van der Waals surface area contributed by atoms with Crippen LogP contribution in [0.1, 0.15) is 37.6 Å². The van der Waals surface area contributed by atoms with Gasteiger partial charge in [-0.3, -0.25) is 9.59 Å². The lowest BCUT2D eigenvalue weighted by molar-refractivity contribution is -0.137. The van der Waals surface area contributed by atoms with E-state index in [9.17, 15) is 9.59 Å². The van der Waals surface area contributed by atoms with Gasteiger partial charge >= 0.3 is 5.97 Å². The molecule has 0 aromatic heterocycles. The fraction of sp³-hybridized carbons (Fsp3) is 0.429. The second kappa shape index (κ2) is 6.17. The summed E-state index contributed by atoms with van der Waals surface area (Å²) in [6.45, 7) is 5.65. The van der Waals surface area contributed by atoms with Crippen molar-refractivity contribution in [2.24, 2.45) is 0 Å². The standard InChI is InChI=1S/C14H18ClNO3/c1-14(2,3)16-11(8-12(17)18)13(19)9-5-4-6-10(15)7-9/h4-7,11,16H,8H2,1-3H3,(H,17,18). The smallest absolute Gasteiger partial charge is 0.305 e. The summed E-state index contributed by atoms with van der Waals surface area (Å²) in [6, 6.07) is 5.75. The average molecular weight is 284 g/mol. The lowest BCUT2D eigenvalue weighted by Gasteiger charge is -2.26. The van der Waals surface area contributed by atoms with Crippen LogP contribution < -0.4 is 5.32 Å². The predicted octanol–water partition coefficient (Wildman–Crippen LogP) is 2.75. The van der Waals surface area contributed by atoms with Gasteiger partial charge in [0.05, 0.1) is 12.5 Å². The van der Waals surface area contributed by atoms with Gasteiger partial charge in [0, 0.05) is 16.1 Å². The molecule has 1 unspecified atom stereocenters. The van der Waals surface area contributed by atoms with Crippen molar-refractivity contribution >= 4 is 23.4 Å². The zero-order chi connectivity index (χ0) is 14.6. The Morgan fingerprint density at radius 1 is 1.37 bits per heavy atom. The number of nitrogens with one attached hydrogen (secondary N) is 1. The molecule has 1 aromatic carbocycles. The molecular formula is C14H18ClNO3. The first-order valence-electron chi connectivity index (χ1n) is 5.98. The average Bonchev–Trinajstić information content (AvgIpc) is 2.24. The number of ketones is 1. The number of halogens is 1. The summed E-state index contributed by atoms with van der Waals surface area (Å²) in [4.78, 5) is 23.2. The summed E-state index contributed by atoms with van der Waals surface area (Å²) in [6.07, 6.45) is -0.261. The summed E-state index contributed by atoms with van der Waals surface area (Å²) < 4.78 is 0. The maximum Gasteiger partial charge on any atom is 0.305 e. The zero-order valence-corrected chi connectivity index (χ0v) is 12.0. The van der Waals surface area contributed by atoms with Crippen LogP contribution in [-0.4, -0.2) is 28.4 Å². The van der Waals surface area contributed by atoms with Gasteiger partial charge in [-0.15, -0.1) is 0 Å².